The van der Waals surface area contributed by atoms with Gasteiger partial charge in [0.25, 0.3) is 10.0 Å². The van der Waals surface area contributed by atoms with Gasteiger partial charge in [-0.3, -0.25) is 4.72 Å². The monoisotopic (exact) mass is 398 g/mol. The second kappa shape index (κ2) is 7.49. The van der Waals surface area contributed by atoms with Gasteiger partial charge >= 0.3 is 5.97 Å². The van der Waals surface area contributed by atoms with E-state index in [1.807, 2.05) is 4.90 Å². The van der Waals surface area contributed by atoms with E-state index in [2.05, 4.69) is 4.72 Å². The number of sulfonamides is 1. The van der Waals surface area contributed by atoms with Crippen molar-refractivity contribution < 1.29 is 31.8 Å². The van der Waals surface area contributed by atoms with Crippen LogP contribution in [0.15, 0.2) is 41.3 Å². The summed E-state index contributed by atoms with van der Waals surface area (Å²) in [4.78, 5) is 12.4. The third-order valence-corrected chi connectivity index (χ3v) is 5.37. The second-order valence-corrected chi connectivity index (χ2v) is 7.53. The van der Waals surface area contributed by atoms with E-state index in [0.717, 1.165) is 18.2 Å². The maximum absolute atomic E-state index is 14.0. The lowest BCUT2D eigenvalue weighted by molar-refractivity contribution is 0.0691. The standard InChI is InChI=1S/C17H16F2N2O5S/c18-11-7-12(9-13(8-11)21-3-5-26-6-4-21)20-27(24,25)14-1-2-16(19)15(10-14)17(22)23/h1-2,7-10,20H,3-6H2,(H,22,23). The van der Waals surface area contributed by atoms with Gasteiger partial charge in [0.05, 0.1) is 29.4 Å². The first-order valence-electron chi connectivity index (χ1n) is 7.95. The summed E-state index contributed by atoms with van der Waals surface area (Å²) in [5.74, 6) is -3.28. The molecule has 7 nitrogen and oxygen atoms in total. The third-order valence-electron chi connectivity index (χ3n) is 3.99. The molecular weight excluding hydrogens is 382 g/mol. The van der Waals surface area contributed by atoms with Crippen LogP contribution in [0.4, 0.5) is 20.2 Å². The van der Waals surface area contributed by atoms with E-state index in [0.29, 0.717) is 38.1 Å². The van der Waals surface area contributed by atoms with E-state index >= 15 is 0 Å². The molecule has 1 aliphatic heterocycles. The molecule has 1 aliphatic rings. The number of hydrogen-bond acceptors (Lipinski definition) is 5. The third kappa shape index (κ3) is 4.34. The van der Waals surface area contributed by atoms with Crippen molar-refractivity contribution in [1.29, 1.82) is 0 Å². The Labute approximate surface area is 154 Å². The number of ether oxygens (including phenoxy) is 1. The zero-order valence-electron chi connectivity index (χ0n) is 14.0. The van der Waals surface area contributed by atoms with Crippen LogP contribution in [0, 0.1) is 11.6 Å². The molecule has 1 fully saturated rings. The molecule has 10 heteroatoms. The molecule has 0 unspecified atom stereocenters. The summed E-state index contributed by atoms with van der Waals surface area (Å²) >= 11 is 0. The van der Waals surface area contributed by atoms with E-state index in [9.17, 15) is 22.0 Å². The first-order chi connectivity index (χ1) is 12.8. The molecule has 0 aliphatic carbocycles. The van der Waals surface area contributed by atoms with Crippen molar-refractivity contribution in [2.45, 2.75) is 4.90 Å². The number of anilines is 2. The summed E-state index contributed by atoms with van der Waals surface area (Å²) in [5.41, 5.74) is -0.315. The maximum atomic E-state index is 14.0. The van der Waals surface area contributed by atoms with Crippen molar-refractivity contribution in [2.75, 3.05) is 35.9 Å². The first-order valence-corrected chi connectivity index (χ1v) is 9.43. The van der Waals surface area contributed by atoms with E-state index in [1.54, 1.807) is 0 Å². The zero-order valence-corrected chi connectivity index (χ0v) is 14.8. The van der Waals surface area contributed by atoms with Crippen LogP contribution in [0.25, 0.3) is 0 Å². The van der Waals surface area contributed by atoms with Crippen LogP contribution < -0.4 is 9.62 Å². The SMILES string of the molecule is O=C(O)c1cc(S(=O)(=O)Nc2cc(F)cc(N3CCOCC3)c2)ccc1F. The van der Waals surface area contributed by atoms with Crippen LogP contribution in [-0.4, -0.2) is 45.8 Å². The molecule has 144 valence electrons. The van der Waals surface area contributed by atoms with Gasteiger partial charge < -0.3 is 14.7 Å². The molecule has 0 bridgehead atoms. The number of carbonyl (C=O) groups is 1. The predicted molar refractivity (Wildman–Crippen MR) is 93.6 cm³/mol. The van der Waals surface area contributed by atoms with Crippen molar-refractivity contribution in [3.63, 3.8) is 0 Å². The number of carboxylic acid groups (broad SMARTS) is 1. The van der Waals surface area contributed by atoms with Crippen LogP contribution in [0.1, 0.15) is 10.4 Å². The fourth-order valence-corrected chi connectivity index (χ4v) is 3.75. The number of aromatic carboxylic acids is 1. The zero-order chi connectivity index (χ0) is 19.6. The number of halogens is 2. The molecule has 0 amide bonds. The van der Waals surface area contributed by atoms with E-state index in [-0.39, 0.29) is 5.69 Å². The highest BCUT2D eigenvalue weighted by atomic mass is 32.2. The molecular formula is C17H16F2N2O5S. The molecule has 2 aromatic carbocycles. The van der Waals surface area contributed by atoms with Crippen LogP contribution in [-0.2, 0) is 14.8 Å². The van der Waals surface area contributed by atoms with Crippen molar-refractivity contribution in [1.82, 2.24) is 0 Å². The van der Waals surface area contributed by atoms with Crippen LogP contribution in [0.5, 0.6) is 0 Å². The Kier molecular flexibility index (Phi) is 5.29. The molecule has 1 heterocycles. The molecule has 1 saturated heterocycles. The van der Waals surface area contributed by atoms with Crippen molar-refractivity contribution >= 4 is 27.4 Å². The van der Waals surface area contributed by atoms with Crippen LogP contribution in [0.3, 0.4) is 0 Å². The fourth-order valence-electron chi connectivity index (χ4n) is 2.69. The number of benzene rings is 2. The van der Waals surface area contributed by atoms with E-state index < -0.39 is 38.1 Å². The number of nitrogens with one attached hydrogen (secondary N) is 1. The summed E-state index contributed by atoms with van der Waals surface area (Å²) in [5, 5.41) is 8.94. The Balaban J connectivity index is 1.91. The molecule has 0 saturated carbocycles. The quantitative estimate of drug-likeness (QED) is 0.803. The van der Waals surface area contributed by atoms with Gasteiger partial charge in [0.2, 0.25) is 0 Å². The lowest BCUT2D eigenvalue weighted by Crippen LogP contribution is -2.36. The van der Waals surface area contributed by atoms with Gasteiger partial charge in [0.1, 0.15) is 11.6 Å². The Morgan fingerprint density at radius 1 is 1.11 bits per heavy atom. The molecule has 0 spiro atoms. The van der Waals surface area contributed by atoms with Gasteiger partial charge in [0, 0.05) is 18.8 Å². The highest BCUT2D eigenvalue weighted by molar-refractivity contribution is 7.92. The molecule has 2 aromatic rings. The summed E-state index contributed by atoms with van der Waals surface area (Å²) in [7, 11) is -4.24. The average molecular weight is 398 g/mol. The summed E-state index contributed by atoms with van der Waals surface area (Å²) < 4.78 is 59.9. The van der Waals surface area contributed by atoms with Gasteiger partial charge in [-0.05, 0) is 36.4 Å². The molecule has 0 atom stereocenters. The minimum atomic E-state index is -4.24. The van der Waals surface area contributed by atoms with Gasteiger partial charge in [-0.25, -0.2) is 22.0 Å². The second-order valence-electron chi connectivity index (χ2n) is 5.85. The molecule has 0 radical (unpaired) electrons. The van der Waals surface area contributed by atoms with Crippen LogP contribution >= 0.6 is 0 Å². The summed E-state index contributed by atoms with van der Waals surface area (Å²) in [6.07, 6.45) is 0. The van der Waals surface area contributed by atoms with E-state index in [4.69, 9.17) is 9.84 Å². The Morgan fingerprint density at radius 2 is 1.81 bits per heavy atom. The number of hydrogen-bond donors (Lipinski definition) is 2. The van der Waals surface area contributed by atoms with Gasteiger partial charge in [-0.1, -0.05) is 0 Å². The highest BCUT2D eigenvalue weighted by Crippen LogP contribution is 2.25. The topological polar surface area (TPSA) is 95.9 Å². The largest absolute Gasteiger partial charge is 0.478 e. The molecule has 27 heavy (non-hydrogen) atoms. The number of nitrogens with zero attached hydrogens (tertiary/aromatic N) is 1. The Hall–Kier alpha value is -2.72. The number of morpholine rings is 1. The van der Waals surface area contributed by atoms with Gasteiger partial charge in [-0.2, -0.15) is 0 Å². The molecule has 0 aromatic heterocycles. The van der Waals surface area contributed by atoms with E-state index in [1.165, 1.54) is 12.1 Å². The average Bonchev–Trinajstić information content (AvgIpc) is 2.61. The number of carboxylic acids is 1. The minimum Gasteiger partial charge on any atom is -0.478 e. The molecule has 3 rings (SSSR count). The Bertz CT molecular complexity index is 975. The lowest BCUT2D eigenvalue weighted by atomic mass is 10.2. The summed E-state index contributed by atoms with van der Waals surface area (Å²) in [6, 6.07) is 6.15. The lowest BCUT2D eigenvalue weighted by Gasteiger charge is -2.29. The van der Waals surface area contributed by atoms with Crippen molar-refractivity contribution in [3.8, 4) is 0 Å². The first kappa shape index (κ1) is 19.1. The van der Waals surface area contributed by atoms with Crippen LogP contribution in [0.2, 0.25) is 0 Å². The smallest absolute Gasteiger partial charge is 0.338 e. The minimum absolute atomic E-state index is 0.0299. The fraction of sp³-hybridized carbons (Fsp3) is 0.235. The maximum Gasteiger partial charge on any atom is 0.338 e. The van der Waals surface area contributed by atoms with Crippen molar-refractivity contribution in [2.24, 2.45) is 0 Å². The predicted octanol–water partition coefficient (Wildman–Crippen LogP) is 2.30. The van der Waals surface area contributed by atoms with Gasteiger partial charge in [0.15, 0.2) is 0 Å². The summed E-state index contributed by atoms with van der Waals surface area (Å²) in [6.45, 7) is 2.03. The Morgan fingerprint density at radius 3 is 2.48 bits per heavy atom. The number of rotatable bonds is 5. The highest BCUT2D eigenvalue weighted by Gasteiger charge is 2.20. The normalized spacial score (nSPS) is 14.8. The van der Waals surface area contributed by atoms with Crippen molar-refractivity contribution in [3.05, 3.63) is 53.6 Å². The molecule has 2 N–H and O–H groups in total. The van der Waals surface area contributed by atoms with Gasteiger partial charge in [-0.15, -0.1) is 0 Å².